The average molecular weight is 317 g/mol. The SMILES string of the molecule is Cc1cc(C)c(NC(=O)C(=O)Nc2ccc(Cl)cc2)c(C)c1. The highest BCUT2D eigenvalue weighted by Gasteiger charge is 2.16. The molecule has 0 atom stereocenters. The van der Waals surface area contributed by atoms with Crippen LogP contribution in [0, 0.1) is 20.8 Å². The Morgan fingerprint density at radius 3 is 1.91 bits per heavy atom. The Balaban J connectivity index is 2.09. The molecule has 0 bridgehead atoms. The summed E-state index contributed by atoms with van der Waals surface area (Å²) in [5.41, 5.74) is 4.14. The Morgan fingerprint density at radius 2 is 1.36 bits per heavy atom. The number of rotatable bonds is 2. The highest BCUT2D eigenvalue weighted by atomic mass is 35.5. The minimum absolute atomic E-state index is 0.516. The monoisotopic (exact) mass is 316 g/mol. The third-order valence-electron chi connectivity index (χ3n) is 3.22. The lowest BCUT2D eigenvalue weighted by Gasteiger charge is -2.12. The topological polar surface area (TPSA) is 58.2 Å². The van der Waals surface area contributed by atoms with E-state index in [4.69, 9.17) is 11.6 Å². The maximum atomic E-state index is 12.0. The van der Waals surface area contributed by atoms with Crippen LogP contribution in [0.4, 0.5) is 11.4 Å². The second-order valence-corrected chi connectivity index (χ2v) is 5.63. The first-order chi connectivity index (χ1) is 10.4. The van der Waals surface area contributed by atoms with Crippen molar-refractivity contribution in [3.05, 3.63) is 58.1 Å². The lowest BCUT2D eigenvalue weighted by molar-refractivity contribution is -0.133. The van der Waals surface area contributed by atoms with Crippen LogP contribution in [0.2, 0.25) is 5.02 Å². The quantitative estimate of drug-likeness (QED) is 0.827. The van der Waals surface area contributed by atoms with Gasteiger partial charge in [0.15, 0.2) is 0 Å². The highest BCUT2D eigenvalue weighted by molar-refractivity contribution is 6.43. The molecule has 4 nitrogen and oxygen atoms in total. The van der Waals surface area contributed by atoms with E-state index < -0.39 is 11.8 Å². The van der Waals surface area contributed by atoms with Crippen molar-refractivity contribution in [3.8, 4) is 0 Å². The van der Waals surface area contributed by atoms with Crippen LogP contribution in [0.1, 0.15) is 16.7 Å². The van der Waals surface area contributed by atoms with Crippen molar-refractivity contribution in [1.29, 1.82) is 0 Å². The largest absolute Gasteiger partial charge is 0.318 e. The third-order valence-corrected chi connectivity index (χ3v) is 3.48. The number of nitrogens with one attached hydrogen (secondary N) is 2. The molecule has 0 saturated heterocycles. The van der Waals surface area contributed by atoms with Gasteiger partial charge in [-0.1, -0.05) is 29.3 Å². The lowest BCUT2D eigenvalue weighted by atomic mass is 10.1. The highest BCUT2D eigenvalue weighted by Crippen LogP contribution is 2.22. The number of halogens is 1. The fourth-order valence-electron chi connectivity index (χ4n) is 2.27. The molecular weight excluding hydrogens is 300 g/mol. The molecule has 0 unspecified atom stereocenters. The Hall–Kier alpha value is -2.33. The molecule has 0 radical (unpaired) electrons. The third kappa shape index (κ3) is 3.86. The van der Waals surface area contributed by atoms with E-state index in [1.807, 2.05) is 32.9 Å². The number of carbonyl (C=O) groups is 2. The van der Waals surface area contributed by atoms with Crippen molar-refractivity contribution in [1.82, 2.24) is 0 Å². The molecule has 0 saturated carbocycles. The molecule has 0 aliphatic rings. The predicted octanol–water partition coefficient (Wildman–Crippen LogP) is 3.84. The van der Waals surface area contributed by atoms with Crippen molar-refractivity contribution >= 4 is 34.8 Å². The molecule has 0 spiro atoms. The van der Waals surface area contributed by atoms with E-state index in [0.29, 0.717) is 16.4 Å². The summed E-state index contributed by atoms with van der Waals surface area (Å²) in [6.45, 7) is 5.78. The molecular formula is C17H17ClN2O2. The van der Waals surface area contributed by atoms with Crippen LogP contribution in [0.25, 0.3) is 0 Å². The Labute approximate surface area is 134 Å². The standard InChI is InChI=1S/C17H17ClN2O2/c1-10-8-11(2)15(12(3)9-10)20-17(22)16(21)19-14-6-4-13(18)5-7-14/h4-9H,1-3H3,(H,19,21)(H,20,22). The number of anilines is 2. The molecule has 2 amide bonds. The smallest absolute Gasteiger partial charge is 0.314 e. The fraction of sp³-hybridized carbons (Fsp3) is 0.176. The van der Waals surface area contributed by atoms with Gasteiger partial charge in [-0.2, -0.15) is 0 Å². The molecule has 2 aromatic carbocycles. The molecule has 22 heavy (non-hydrogen) atoms. The molecule has 2 rings (SSSR count). The first kappa shape index (κ1) is 16.0. The van der Waals surface area contributed by atoms with Gasteiger partial charge in [-0.05, 0) is 56.2 Å². The maximum absolute atomic E-state index is 12.0. The summed E-state index contributed by atoms with van der Waals surface area (Å²) in [5, 5.41) is 5.75. The maximum Gasteiger partial charge on any atom is 0.314 e. The number of hydrogen-bond acceptors (Lipinski definition) is 2. The van der Waals surface area contributed by atoms with E-state index in [-0.39, 0.29) is 0 Å². The van der Waals surface area contributed by atoms with E-state index in [2.05, 4.69) is 10.6 Å². The fourth-order valence-corrected chi connectivity index (χ4v) is 2.39. The van der Waals surface area contributed by atoms with Gasteiger partial charge in [-0.3, -0.25) is 9.59 Å². The predicted molar refractivity (Wildman–Crippen MR) is 89.4 cm³/mol. The van der Waals surface area contributed by atoms with E-state index in [1.165, 1.54) is 0 Å². The summed E-state index contributed by atoms with van der Waals surface area (Å²) in [4.78, 5) is 24.0. The Morgan fingerprint density at radius 1 is 0.864 bits per heavy atom. The van der Waals surface area contributed by atoms with Crippen LogP contribution < -0.4 is 10.6 Å². The first-order valence-corrected chi connectivity index (χ1v) is 7.20. The van der Waals surface area contributed by atoms with Crippen molar-refractivity contribution in [2.75, 3.05) is 10.6 Å². The summed E-state index contributed by atoms with van der Waals surface area (Å²) in [6, 6.07) is 10.5. The zero-order chi connectivity index (χ0) is 16.3. The Kier molecular flexibility index (Phi) is 4.83. The molecule has 0 aromatic heterocycles. The van der Waals surface area contributed by atoms with Gasteiger partial charge < -0.3 is 10.6 Å². The van der Waals surface area contributed by atoms with Crippen LogP contribution in [0.5, 0.6) is 0 Å². The van der Waals surface area contributed by atoms with Crippen molar-refractivity contribution < 1.29 is 9.59 Å². The van der Waals surface area contributed by atoms with E-state index in [9.17, 15) is 9.59 Å². The second-order valence-electron chi connectivity index (χ2n) is 5.19. The number of benzene rings is 2. The van der Waals surface area contributed by atoms with Crippen molar-refractivity contribution in [2.45, 2.75) is 20.8 Å². The van der Waals surface area contributed by atoms with Gasteiger partial charge >= 0.3 is 11.8 Å². The van der Waals surface area contributed by atoms with Gasteiger partial charge in [0, 0.05) is 16.4 Å². The normalized spacial score (nSPS) is 10.2. The van der Waals surface area contributed by atoms with Gasteiger partial charge in [-0.15, -0.1) is 0 Å². The van der Waals surface area contributed by atoms with Crippen LogP contribution in [-0.4, -0.2) is 11.8 Å². The molecule has 0 aliphatic heterocycles. The second kappa shape index (κ2) is 6.62. The van der Waals surface area contributed by atoms with Crippen LogP contribution in [0.3, 0.4) is 0 Å². The van der Waals surface area contributed by atoms with Crippen LogP contribution in [0.15, 0.2) is 36.4 Å². The summed E-state index contributed by atoms with van der Waals surface area (Å²) in [6.07, 6.45) is 0. The van der Waals surface area contributed by atoms with E-state index >= 15 is 0 Å². The van der Waals surface area contributed by atoms with Gasteiger partial charge in [-0.25, -0.2) is 0 Å². The lowest BCUT2D eigenvalue weighted by Crippen LogP contribution is -2.29. The van der Waals surface area contributed by atoms with E-state index in [0.717, 1.165) is 16.7 Å². The average Bonchev–Trinajstić information content (AvgIpc) is 2.45. The molecule has 0 aliphatic carbocycles. The summed E-state index contributed by atoms with van der Waals surface area (Å²) >= 11 is 5.77. The van der Waals surface area contributed by atoms with Gasteiger partial charge in [0.05, 0.1) is 0 Å². The first-order valence-electron chi connectivity index (χ1n) is 6.82. The number of hydrogen-bond donors (Lipinski definition) is 2. The molecule has 2 N–H and O–H groups in total. The summed E-state index contributed by atoms with van der Waals surface area (Å²) in [5.74, 6) is -1.42. The van der Waals surface area contributed by atoms with Crippen molar-refractivity contribution in [2.24, 2.45) is 0 Å². The Bertz CT molecular complexity index is 701. The van der Waals surface area contributed by atoms with Crippen LogP contribution >= 0.6 is 11.6 Å². The zero-order valence-corrected chi connectivity index (χ0v) is 13.4. The summed E-state index contributed by atoms with van der Waals surface area (Å²) in [7, 11) is 0. The molecule has 5 heteroatoms. The molecule has 0 fully saturated rings. The minimum Gasteiger partial charge on any atom is -0.318 e. The summed E-state index contributed by atoms with van der Waals surface area (Å²) < 4.78 is 0. The number of aryl methyl sites for hydroxylation is 3. The number of carbonyl (C=O) groups excluding carboxylic acids is 2. The minimum atomic E-state index is -0.721. The molecule has 0 heterocycles. The van der Waals surface area contributed by atoms with E-state index in [1.54, 1.807) is 24.3 Å². The molecule has 114 valence electrons. The van der Waals surface area contributed by atoms with Crippen molar-refractivity contribution in [3.63, 3.8) is 0 Å². The van der Waals surface area contributed by atoms with Crippen LogP contribution in [-0.2, 0) is 9.59 Å². The zero-order valence-electron chi connectivity index (χ0n) is 12.7. The molecule has 2 aromatic rings. The van der Waals surface area contributed by atoms with Gasteiger partial charge in [0.2, 0.25) is 0 Å². The number of amides is 2. The van der Waals surface area contributed by atoms with Gasteiger partial charge in [0.25, 0.3) is 0 Å². The van der Waals surface area contributed by atoms with Gasteiger partial charge in [0.1, 0.15) is 0 Å².